The molecule has 0 aliphatic rings. The number of thiophene rings is 1. The molecule has 244 valence electrons. The second kappa shape index (κ2) is 11.8. The van der Waals surface area contributed by atoms with Crippen molar-refractivity contribution in [3.05, 3.63) is 182 Å². The molecule has 0 radical (unpaired) electrons. The van der Waals surface area contributed by atoms with E-state index in [1.165, 1.54) is 78.1 Å². The van der Waals surface area contributed by atoms with Gasteiger partial charge in [-0.05, 0) is 24.3 Å². The van der Waals surface area contributed by atoms with Gasteiger partial charge in [-0.25, -0.2) is 0 Å². The summed E-state index contributed by atoms with van der Waals surface area (Å²) in [5, 5.41) is 7.90. The quantitative estimate of drug-likeness (QED) is 0.159. The molecular weight excluding hydrogens is 716 g/mol. The average Bonchev–Trinajstić information content (AvgIpc) is 3.87. The van der Waals surface area contributed by atoms with E-state index < -0.39 is 0 Å². The topological polar surface area (TPSA) is 8.17 Å². The third-order valence-electron chi connectivity index (χ3n) is 10.4. The van der Waals surface area contributed by atoms with Crippen LogP contribution in [0.2, 0.25) is 0 Å². The second-order valence-corrected chi connectivity index (χ2v) is 16.7. The summed E-state index contributed by atoms with van der Waals surface area (Å²) in [6, 6.07) is 67.1. The second-order valence-electron chi connectivity index (χ2n) is 13.4. The van der Waals surface area contributed by atoms with Gasteiger partial charge in [-0.15, -0.1) is 0 Å². The van der Waals surface area contributed by atoms with Gasteiger partial charge in [-0.3, -0.25) is 0 Å². The molecule has 0 aliphatic heterocycles. The first-order valence-corrected chi connectivity index (χ1v) is 20.1. The van der Waals surface area contributed by atoms with E-state index in [-0.39, 0.29) is 0 Å². The van der Waals surface area contributed by atoms with Crippen LogP contribution in [-0.4, -0.2) is 19.1 Å². The van der Waals surface area contributed by atoms with E-state index in [2.05, 4.69) is 191 Å². The maximum atomic E-state index is 2.42. The summed E-state index contributed by atoms with van der Waals surface area (Å²) in [6.45, 7) is 0. The Bertz CT molecular complexity index is 3130. The minimum absolute atomic E-state index is 0.339. The average molecular weight is 746 g/mol. The molecular formula is C48H30N2SSe. The first-order chi connectivity index (χ1) is 25.8. The van der Waals surface area contributed by atoms with Crippen LogP contribution in [0.5, 0.6) is 0 Å². The van der Waals surface area contributed by atoms with Gasteiger partial charge >= 0.3 is 208 Å². The first-order valence-electron chi connectivity index (χ1n) is 17.6. The van der Waals surface area contributed by atoms with E-state index >= 15 is 0 Å². The fraction of sp³-hybridized carbons (Fsp3) is 0. The Morgan fingerprint density at radius 3 is 1.88 bits per heavy atom. The monoisotopic (exact) mass is 746 g/mol. The number of benzene rings is 8. The van der Waals surface area contributed by atoms with Gasteiger partial charge in [0.2, 0.25) is 0 Å². The summed E-state index contributed by atoms with van der Waals surface area (Å²) in [4.78, 5) is 2.42. The Hall–Kier alpha value is -5.90. The summed E-state index contributed by atoms with van der Waals surface area (Å²) in [7, 11) is 0. The minimum Gasteiger partial charge on any atom is -0.0602 e. The molecule has 0 unspecified atom stereocenters. The fourth-order valence-electron chi connectivity index (χ4n) is 7.96. The molecule has 0 saturated heterocycles. The smallest absolute Gasteiger partial charge is 0.0602 e. The molecule has 11 aromatic rings. The number of hydrogen-bond acceptors (Lipinski definition) is 2. The van der Waals surface area contributed by atoms with Gasteiger partial charge in [0, 0.05) is 15.8 Å². The van der Waals surface area contributed by atoms with E-state index in [0.29, 0.717) is 14.5 Å². The van der Waals surface area contributed by atoms with Gasteiger partial charge in [0.1, 0.15) is 0 Å². The molecule has 4 heteroatoms. The van der Waals surface area contributed by atoms with Gasteiger partial charge in [-0.2, -0.15) is 0 Å². The Kier molecular flexibility index (Phi) is 6.78. The van der Waals surface area contributed by atoms with Gasteiger partial charge in [0.05, 0.1) is 5.52 Å². The van der Waals surface area contributed by atoms with Crippen LogP contribution >= 0.6 is 11.3 Å². The number of hydrogen-bond donors (Lipinski definition) is 0. The molecule has 0 bridgehead atoms. The number of aromatic nitrogens is 1. The Morgan fingerprint density at radius 2 is 1.00 bits per heavy atom. The molecule has 0 aliphatic carbocycles. The Morgan fingerprint density at radius 1 is 0.385 bits per heavy atom. The zero-order valence-corrected chi connectivity index (χ0v) is 30.6. The van der Waals surface area contributed by atoms with Gasteiger partial charge in [0.25, 0.3) is 0 Å². The van der Waals surface area contributed by atoms with Crippen molar-refractivity contribution >= 4 is 104 Å². The zero-order chi connectivity index (χ0) is 34.2. The minimum atomic E-state index is 0.339. The fourth-order valence-corrected chi connectivity index (χ4v) is 11.5. The Balaban J connectivity index is 1.08. The predicted molar refractivity (Wildman–Crippen MR) is 226 cm³/mol. The van der Waals surface area contributed by atoms with Gasteiger partial charge < -0.3 is 4.57 Å². The SMILES string of the molecule is c1ccc(-n2c3ccccc3c3cc(N(c4ccc(-c5ccc6c(c5)[se]c5ccccc56)cc4)c4ccc5c(c4)sc4ccccc45)ccc32)cc1. The summed E-state index contributed by atoms with van der Waals surface area (Å²) in [5.41, 5.74) is 9.50. The third kappa shape index (κ3) is 4.69. The van der Waals surface area contributed by atoms with Crippen LogP contribution in [0.4, 0.5) is 17.1 Å². The molecule has 11 rings (SSSR count). The maximum absolute atomic E-state index is 2.42. The van der Waals surface area contributed by atoms with Crippen molar-refractivity contribution < 1.29 is 0 Å². The molecule has 2 nitrogen and oxygen atoms in total. The van der Waals surface area contributed by atoms with Crippen LogP contribution in [0.3, 0.4) is 0 Å². The molecule has 0 spiro atoms. The van der Waals surface area contributed by atoms with E-state index in [0.717, 1.165) is 17.1 Å². The van der Waals surface area contributed by atoms with Crippen molar-refractivity contribution in [1.29, 1.82) is 0 Å². The summed E-state index contributed by atoms with van der Waals surface area (Å²) >= 11 is 2.20. The molecule has 0 saturated carbocycles. The molecule has 0 atom stereocenters. The number of fused-ring (bicyclic) bond motifs is 9. The van der Waals surface area contributed by atoms with Crippen LogP contribution in [0.15, 0.2) is 182 Å². The number of nitrogens with zero attached hydrogens (tertiary/aromatic N) is 2. The van der Waals surface area contributed by atoms with E-state index in [1.807, 2.05) is 11.3 Å². The number of anilines is 3. The molecule has 0 N–H and O–H groups in total. The molecule has 3 aromatic heterocycles. The van der Waals surface area contributed by atoms with E-state index in [4.69, 9.17) is 0 Å². The molecule has 0 fully saturated rings. The van der Waals surface area contributed by atoms with Crippen LogP contribution in [0.1, 0.15) is 0 Å². The van der Waals surface area contributed by atoms with Crippen LogP contribution < -0.4 is 4.90 Å². The van der Waals surface area contributed by atoms with Crippen molar-refractivity contribution in [2.24, 2.45) is 0 Å². The third-order valence-corrected chi connectivity index (χ3v) is 13.9. The number of para-hydroxylation sites is 2. The summed E-state index contributed by atoms with van der Waals surface area (Å²) in [5.74, 6) is 0. The van der Waals surface area contributed by atoms with Crippen LogP contribution in [-0.2, 0) is 0 Å². The summed E-state index contributed by atoms with van der Waals surface area (Å²) in [6.07, 6.45) is 0. The first kappa shape index (κ1) is 29.8. The molecule has 8 aromatic carbocycles. The van der Waals surface area contributed by atoms with E-state index in [9.17, 15) is 0 Å². The van der Waals surface area contributed by atoms with Crippen molar-refractivity contribution in [2.75, 3.05) is 4.90 Å². The molecule has 3 heterocycles. The van der Waals surface area contributed by atoms with Crippen LogP contribution in [0, 0.1) is 0 Å². The molecule has 52 heavy (non-hydrogen) atoms. The van der Waals surface area contributed by atoms with Crippen molar-refractivity contribution in [2.45, 2.75) is 0 Å². The van der Waals surface area contributed by atoms with Gasteiger partial charge in [-0.1, -0.05) is 54.6 Å². The van der Waals surface area contributed by atoms with Crippen molar-refractivity contribution in [3.63, 3.8) is 0 Å². The Labute approximate surface area is 310 Å². The normalized spacial score (nSPS) is 11.8. The predicted octanol–water partition coefficient (Wildman–Crippen LogP) is 13.7. The van der Waals surface area contributed by atoms with Crippen molar-refractivity contribution in [3.8, 4) is 16.8 Å². The standard InChI is InChI=1S/C48H30N2SSe/c1-2-10-33(11-3-1)50-43-15-7-4-12-37(43)42-29-35(24-27-44(42)50)49(36-23-26-39-38-13-5-8-16-45(38)51-46(39)30-36)34-21-18-31(19-22-34)32-20-25-41-40-14-6-9-17-47(40)52-48(41)28-32/h1-30H. The van der Waals surface area contributed by atoms with E-state index in [1.54, 1.807) is 0 Å². The van der Waals surface area contributed by atoms with Crippen molar-refractivity contribution in [1.82, 2.24) is 4.57 Å². The van der Waals surface area contributed by atoms with Crippen LogP contribution in [0.25, 0.3) is 78.1 Å². The van der Waals surface area contributed by atoms with Gasteiger partial charge in [0.15, 0.2) is 0 Å². The summed E-state index contributed by atoms with van der Waals surface area (Å²) < 4.78 is 7.94. The zero-order valence-electron chi connectivity index (χ0n) is 28.0. The molecule has 0 amide bonds. The number of rotatable bonds is 5.